The molecule has 1 aliphatic rings. The molecule has 0 saturated carbocycles. The number of sulfonamides is 1. The van der Waals surface area contributed by atoms with Crippen molar-refractivity contribution in [1.29, 1.82) is 0 Å². The lowest BCUT2D eigenvalue weighted by Crippen LogP contribution is -2.42. The van der Waals surface area contributed by atoms with Gasteiger partial charge >= 0.3 is 0 Å². The summed E-state index contributed by atoms with van der Waals surface area (Å²) in [4.78, 5) is 0. The summed E-state index contributed by atoms with van der Waals surface area (Å²) in [7, 11) is -3.08. The first-order chi connectivity index (χ1) is 7.37. The van der Waals surface area contributed by atoms with E-state index in [4.69, 9.17) is 5.11 Å². The highest BCUT2D eigenvalue weighted by Crippen LogP contribution is 2.30. The van der Waals surface area contributed by atoms with Crippen LogP contribution in [0, 0.1) is 5.41 Å². The molecule has 0 unspecified atom stereocenters. The maximum atomic E-state index is 11.9. The molecule has 16 heavy (non-hydrogen) atoms. The Morgan fingerprint density at radius 1 is 1.19 bits per heavy atom. The van der Waals surface area contributed by atoms with Gasteiger partial charge < -0.3 is 5.11 Å². The van der Waals surface area contributed by atoms with Crippen LogP contribution in [0.25, 0.3) is 0 Å². The standard InChI is InChI=1S/C11H23NO3S/c1-11(2)5-7-12(8-6-11)16(14,15)10-4-3-9-13/h13H,3-10H2,1-2H3. The van der Waals surface area contributed by atoms with Crippen LogP contribution in [-0.4, -0.2) is 43.3 Å². The maximum absolute atomic E-state index is 11.9. The maximum Gasteiger partial charge on any atom is 0.214 e. The molecule has 96 valence electrons. The Morgan fingerprint density at radius 3 is 2.25 bits per heavy atom. The molecule has 0 aromatic carbocycles. The summed E-state index contributed by atoms with van der Waals surface area (Å²) >= 11 is 0. The lowest BCUT2D eigenvalue weighted by atomic mass is 9.83. The van der Waals surface area contributed by atoms with E-state index in [1.165, 1.54) is 0 Å². The Balaban J connectivity index is 2.45. The van der Waals surface area contributed by atoms with Crippen LogP contribution in [0.3, 0.4) is 0 Å². The summed E-state index contributed by atoms with van der Waals surface area (Å²) < 4.78 is 25.4. The minimum absolute atomic E-state index is 0.0720. The summed E-state index contributed by atoms with van der Waals surface area (Å²) in [6.07, 6.45) is 3.00. The molecule has 0 aromatic rings. The van der Waals surface area contributed by atoms with Gasteiger partial charge in [-0.1, -0.05) is 13.8 Å². The average Bonchev–Trinajstić information content (AvgIpc) is 2.17. The van der Waals surface area contributed by atoms with Crippen LogP contribution in [0.1, 0.15) is 39.5 Å². The first-order valence-electron chi connectivity index (χ1n) is 5.96. The number of aliphatic hydroxyl groups excluding tert-OH is 1. The molecule has 1 aliphatic heterocycles. The predicted octanol–water partition coefficient (Wildman–Crippen LogP) is 1.21. The first-order valence-corrected chi connectivity index (χ1v) is 7.57. The fraction of sp³-hybridized carbons (Fsp3) is 1.00. The summed E-state index contributed by atoms with van der Waals surface area (Å²) in [5.41, 5.74) is 0.275. The normalized spacial score (nSPS) is 22.2. The minimum Gasteiger partial charge on any atom is -0.396 e. The molecule has 0 amide bonds. The molecule has 4 nitrogen and oxygen atoms in total. The number of nitrogens with zero attached hydrogens (tertiary/aromatic N) is 1. The van der Waals surface area contributed by atoms with Crippen molar-refractivity contribution in [1.82, 2.24) is 4.31 Å². The highest BCUT2D eigenvalue weighted by molar-refractivity contribution is 7.89. The molecular weight excluding hydrogens is 226 g/mol. The molecule has 0 atom stereocenters. The summed E-state index contributed by atoms with van der Waals surface area (Å²) in [5, 5.41) is 8.63. The Labute approximate surface area is 98.7 Å². The Bertz CT molecular complexity index is 301. The third-order valence-corrected chi connectivity index (χ3v) is 5.24. The second-order valence-electron chi connectivity index (χ2n) is 5.31. The molecule has 0 spiro atoms. The van der Waals surface area contributed by atoms with Gasteiger partial charge in [0, 0.05) is 19.7 Å². The van der Waals surface area contributed by atoms with Gasteiger partial charge in [-0.2, -0.15) is 0 Å². The second kappa shape index (κ2) is 5.47. The second-order valence-corrected chi connectivity index (χ2v) is 7.40. The van der Waals surface area contributed by atoms with E-state index in [1.807, 2.05) is 0 Å². The van der Waals surface area contributed by atoms with Crippen molar-refractivity contribution in [3.8, 4) is 0 Å². The molecule has 1 fully saturated rings. The number of aliphatic hydroxyl groups is 1. The summed E-state index contributed by atoms with van der Waals surface area (Å²) in [5.74, 6) is 0.175. The Hall–Kier alpha value is -0.130. The molecule has 0 aromatic heterocycles. The van der Waals surface area contributed by atoms with Crippen molar-refractivity contribution in [3.63, 3.8) is 0 Å². The van der Waals surface area contributed by atoms with Gasteiger partial charge in [-0.25, -0.2) is 12.7 Å². The molecule has 1 saturated heterocycles. The molecule has 1 N–H and O–H groups in total. The molecule has 5 heteroatoms. The van der Waals surface area contributed by atoms with Crippen LogP contribution in [0.2, 0.25) is 0 Å². The van der Waals surface area contributed by atoms with Crippen LogP contribution in [0.15, 0.2) is 0 Å². The van der Waals surface area contributed by atoms with Gasteiger partial charge in [0.1, 0.15) is 0 Å². The third kappa shape index (κ3) is 4.03. The van der Waals surface area contributed by atoms with Crippen molar-refractivity contribution < 1.29 is 13.5 Å². The molecule has 0 radical (unpaired) electrons. The molecule has 0 bridgehead atoms. The summed E-state index contributed by atoms with van der Waals surface area (Å²) in [6, 6.07) is 0. The topological polar surface area (TPSA) is 57.6 Å². The van der Waals surface area contributed by atoms with Crippen LogP contribution >= 0.6 is 0 Å². The zero-order valence-corrected chi connectivity index (χ0v) is 11.1. The van der Waals surface area contributed by atoms with Crippen LogP contribution in [0.5, 0.6) is 0 Å². The monoisotopic (exact) mass is 249 g/mol. The molecule has 1 rings (SSSR count). The van der Waals surface area contributed by atoms with Gasteiger partial charge in [-0.15, -0.1) is 0 Å². The van der Waals surface area contributed by atoms with E-state index in [0.29, 0.717) is 25.9 Å². The van der Waals surface area contributed by atoms with Gasteiger partial charge in [0.2, 0.25) is 10.0 Å². The van der Waals surface area contributed by atoms with E-state index in [-0.39, 0.29) is 17.8 Å². The van der Waals surface area contributed by atoms with E-state index >= 15 is 0 Å². The largest absolute Gasteiger partial charge is 0.396 e. The zero-order valence-electron chi connectivity index (χ0n) is 10.3. The molecular formula is C11H23NO3S. The van der Waals surface area contributed by atoms with Gasteiger partial charge in [0.05, 0.1) is 5.75 Å². The third-order valence-electron chi connectivity index (χ3n) is 3.28. The van der Waals surface area contributed by atoms with E-state index in [2.05, 4.69) is 13.8 Å². The first kappa shape index (κ1) is 13.9. The number of hydrogen-bond donors (Lipinski definition) is 1. The lowest BCUT2D eigenvalue weighted by Gasteiger charge is -2.36. The van der Waals surface area contributed by atoms with Crippen molar-refractivity contribution in [2.75, 3.05) is 25.4 Å². The molecule has 0 aliphatic carbocycles. The Morgan fingerprint density at radius 2 is 1.75 bits per heavy atom. The van der Waals surface area contributed by atoms with Gasteiger partial charge in [-0.05, 0) is 31.1 Å². The lowest BCUT2D eigenvalue weighted by molar-refractivity contribution is 0.195. The SMILES string of the molecule is CC1(C)CCN(S(=O)(=O)CCCCO)CC1. The number of piperidine rings is 1. The number of unbranched alkanes of at least 4 members (excludes halogenated alkanes) is 1. The fourth-order valence-electron chi connectivity index (χ4n) is 1.90. The van der Waals surface area contributed by atoms with E-state index in [9.17, 15) is 8.42 Å². The Kier molecular flexibility index (Phi) is 4.76. The van der Waals surface area contributed by atoms with Crippen LogP contribution in [0.4, 0.5) is 0 Å². The van der Waals surface area contributed by atoms with Crippen molar-refractivity contribution in [3.05, 3.63) is 0 Å². The van der Waals surface area contributed by atoms with E-state index in [0.717, 1.165) is 12.8 Å². The van der Waals surface area contributed by atoms with Crippen LogP contribution < -0.4 is 0 Å². The van der Waals surface area contributed by atoms with Gasteiger partial charge in [0.15, 0.2) is 0 Å². The average molecular weight is 249 g/mol. The van der Waals surface area contributed by atoms with Crippen molar-refractivity contribution in [2.24, 2.45) is 5.41 Å². The number of hydrogen-bond acceptors (Lipinski definition) is 3. The quantitative estimate of drug-likeness (QED) is 0.745. The van der Waals surface area contributed by atoms with E-state index < -0.39 is 10.0 Å². The van der Waals surface area contributed by atoms with Crippen molar-refractivity contribution in [2.45, 2.75) is 39.5 Å². The minimum atomic E-state index is -3.08. The zero-order chi connectivity index (χ0) is 12.2. The predicted molar refractivity (Wildman–Crippen MR) is 64.7 cm³/mol. The van der Waals surface area contributed by atoms with Crippen LogP contribution in [-0.2, 0) is 10.0 Å². The number of rotatable bonds is 5. The van der Waals surface area contributed by atoms with Gasteiger partial charge in [0.25, 0.3) is 0 Å². The fourth-order valence-corrected chi connectivity index (χ4v) is 3.46. The summed E-state index contributed by atoms with van der Waals surface area (Å²) in [6.45, 7) is 5.73. The van der Waals surface area contributed by atoms with E-state index in [1.54, 1.807) is 4.31 Å². The van der Waals surface area contributed by atoms with Crippen molar-refractivity contribution >= 4 is 10.0 Å². The highest BCUT2D eigenvalue weighted by atomic mass is 32.2. The highest BCUT2D eigenvalue weighted by Gasteiger charge is 2.31. The molecule has 1 heterocycles. The smallest absolute Gasteiger partial charge is 0.214 e. The van der Waals surface area contributed by atoms with Gasteiger partial charge in [-0.3, -0.25) is 0 Å².